The Bertz CT molecular complexity index is 1600. The van der Waals surface area contributed by atoms with Gasteiger partial charge in [0.05, 0.1) is 29.1 Å². The molecule has 1 fully saturated rings. The van der Waals surface area contributed by atoms with Crippen LogP contribution in [-0.4, -0.2) is 82.3 Å². The number of likely N-dealkylation sites (N-methyl/N-ethyl adjacent to an activating group) is 1. The number of benzene rings is 1. The van der Waals surface area contributed by atoms with Gasteiger partial charge in [-0.3, -0.25) is 14.5 Å². The van der Waals surface area contributed by atoms with Crippen LogP contribution in [0, 0.1) is 11.7 Å². The van der Waals surface area contributed by atoms with Gasteiger partial charge in [-0.25, -0.2) is 17.8 Å². The third-order valence-electron chi connectivity index (χ3n) is 7.74. The van der Waals surface area contributed by atoms with Crippen LogP contribution < -0.4 is 19.7 Å². The third kappa shape index (κ3) is 5.60. The van der Waals surface area contributed by atoms with Gasteiger partial charge >= 0.3 is 0 Å². The molecular weight excluding hydrogens is 547 g/mol. The zero-order chi connectivity index (χ0) is 29.7. The van der Waals surface area contributed by atoms with Gasteiger partial charge in [-0.2, -0.15) is 0 Å². The van der Waals surface area contributed by atoms with Crippen LogP contribution in [0.3, 0.4) is 0 Å². The van der Waals surface area contributed by atoms with Gasteiger partial charge in [0.1, 0.15) is 18.1 Å². The lowest BCUT2D eigenvalue weighted by molar-refractivity contribution is -0.127. The van der Waals surface area contributed by atoms with E-state index < -0.39 is 21.3 Å². The first kappa shape index (κ1) is 29.2. The van der Waals surface area contributed by atoms with Crippen molar-refractivity contribution < 1.29 is 22.3 Å². The molecule has 0 radical (unpaired) electrons. The molecule has 0 unspecified atom stereocenters. The van der Waals surface area contributed by atoms with Gasteiger partial charge in [-0.15, -0.1) is 0 Å². The van der Waals surface area contributed by atoms with Crippen molar-refractivity contribution in [1.29, 1.82) is 0 Å². The number of pyridine rings is 2. The van der Waals surface area contributed by atoms with Crippen LogP contribution in [-0.2, 0) is 20.2 Å². The molecule has 5 rings (SSSR count). The van der Waals surface area contributed by atoms with Gasteiger partial charge < -0.3 is 19.9 Å². The normalized spacial score (nSPS) is 20.3. The van der Waals surface area contributed by atoms with E-state index in [1.807, 2.05) is 27.9 Å². The number of ether oxygens (including phenoxy) is 1. The predicted molar refractivity (Wildman–Crippen MR) is 158 cm³/mol. The van der Waals surface area contributed by atoms with Crippen LogP contribution in [0.4, 0.5) is 15.8 Å². The van der Waals surface area contributed by atoms with Gasteiger partial charge in [0.15, 0.2) is 0 Å². The lowest BCUT2D eigenvalue weighted by Gasteiger charge is -2.45. The smallest absolute Gasteiger partial charge is 0.238 e. The van der Waals surface area contributed by atoms with E-state index in [-0.39, 0.29) is 35.7 Å². The predicted octanol–water partition coefficient (Wildman–Crippen LogP) is 3.37. The summed E-state index contributed by atoms with van der Waals surface area (Å²) in [5, 5.41) is 3.93. The summed E-state index contributed by atoms with van der Waals surface area (Å²) in [7, 11) is 2.14. The molecule has 0 bridgehead atoms. The average molecular weight is 585 g/mol. The molecule has 0 saturated heterocycles. The number of carbonyl (C=O) groups is 1. The standard InChI is InChI=1S/C29H37FN6O4S/c1-17(2)31-7-8-40-27-24(34-41(6,38)39)9-19(14-33-27)20-10-21-23(11-22(20)30)32-15-25-26(21)29(28(37)36(25)5)12-18(13-29)16-35(3)4/h9-11,14-15,17-18,31,34H,7-8,12-13,16H2,1-6H3/t18-,29-. The second-order valence-electron chi connectivity index (χ2n) is 11.8. The highest BCUT2D eigenvalue weighted by Gasteiger charge is 2.58. The molecule has 1 amide bonds. The number of hydrogen-bond donors (Lipinski definition) is 2. The number of amides is 1. The summed E-state index contributed by atoms with van der Waals surface area (Å²) in [4.78, 5) is 26.2. The summed E-state index contributed by atoms with van der Waals surface area (Å²) in [5.74, 6) is -0.00951. The number of fused-ring (bicyclic) bond motifs is 4. The summed E-state index contributed by atoms with van der Waals surface area (Å²) in [6.45, 7) is 5.72. The number of sulfonamides is 1. The number of anilines is 2. The minimum Gasteiger partial charge on any atom is -0.475 e. The Morgan fingerprint density at radius 2 is 1.93 bits per heavy atom. The largest absolute Gasteiger partial charge is 0.475 e. The van der Waals surface area contributed by atoms with Crippen LogP contribution in [0.25, 0.3) is 22.0 Å². The van der Waals surface area contributed by atoms with Crippen LogP contribution in [0.5, 0.6) is 5.88 Å². The summed E-state index contributed by atoms with van der Waals surface area (Å²) >= 11 is 0. The summed E-state index contributed by atoms with van der Waals surface area (Å²) in [6.07, 6.45) is 5.58. The first-order chi connectivity index (χ1) is 19.3. The highest BCUT2D eigenvalue weighted by Crippen LogP contribution is 2.57. The third-order valence-corrected chi connectivity index (χ3v) is 8.33. The van der Waals surface area contributed by atoms with Crippen molar-refractivity contribution in [3.05, 3.63) is 42.0 Å². The maximum absolute atomic E-state index is 15.6. The first-order valence-electron chi connectivity index (χ1n) is 13.7. The van der Waals surface area contributed by atoms with Crippen LogP contribution in [0.15, 0.2) is 30.6 Å². The Balaban J connectivity index is 1.57. The second kappa shape index (κ2) is 10.8. The molecular formula is C29H37FN6O4S. The van der Waals surface area contributed by atoms with Gasteiger partial charge in [0.25, 0.3) is 0 Å². The minimum atomic E-state index is -3.67. The molecule has 2 aliphatic rings. The molecule has 1 spiro atoms. The van der Waals surface area contributed by atoms with Crippen molar-refractivity contribution in [3.63, 3.8) is 0 Å². The van der Waals surface area contributed by atoms with E-state index in [9.17, 15) is 13.2 Å². The second-order valence-corrected chi connectivity index (χ2v) is 13.5. The van der Waals surface area contributed by atoms with Crippen molar-refractivity contribution in [2.45, 2.75) is 38.1 Å². The zero-order valence-corrected chi connectivity index (χ0v) is 25.1. The van der Waals surface area contributed by atoms with Crippen molar-refractivity contribution in [2.24, 2.45) is 5.92 Å². The SMILES string of the molecule is CC(C)NCCOc1ncc(-c2cc3c(cc2F)ncc2c3[C@]3(C[C@@H](CN(C)C)C3)C(=O)N2C)cc1NS(C)(=O)=O. The topological polar surface area (TPSA) is 117 Å². The lowest BCUT2D eigenvalue weighted by atomic mass is 9.58. The summed E-state index contributed by atoms with van der Waals surface area (Å²) in [6, 6.07) is 4.85. The number of halogens is 1. The molecule has 1 aliphatic heterocycles. The van der Waals surface area contributed by atoms with Crippen molar-refractivity contribution in [2.75, 3.05) is 56.7 Å². The molecule has 10 nitrogen and oxygen atoms in total. The molecule has 3 aromatic rings. The molecule has 41 heavy (non-hydrogen) atoms. The van der Waals surface area contributed by atoms with Crippen molar-refractivity contribution >= 4 is 38.2 Å². The number of nitrogens with one attached hydrogen (secondary N) is 2. The van der Waals surface area contributed by atoms with Gasteiger partial charge in [0, 0.05) is 60.5 Å². The lowest BCUT2D eigenvalue weighted by Crippen LogP contribution is -2.51. The molecule has 2 aromatic heterocycles. The van der Waals surface area contributed by atoms with E-state index in [0.717, 1.165) is 36.9 Å². The number of aromatic nitrogens is 2. The molecule has 1 saturated carbocycles. The monoisotopic (exact) mass is 584 g/mol. The minimum absolute atomic E-state index is 0.0393. The van der Waals surface area contributed by atoms with Crippen molar-refractivity contribution in [1.82, 2.24) is 20.2 Å². The van der Waals surface area contributed by atoms with E-state index in [1.54, 1.807) is 24.2 Å². The van der Waals surface area contributed by atoms with Crippen LogP contribution >= 0.6 is 0 Å². The van der Waals surface area contributed by atoms with Gasteiger partial charge in [-0.1, -0.05) is 13.8 Å². The Kier molecular flexibility index (Phi) is 7.68. The highest BCUT2D eigenvalue weighted by molar-refractivity contribution is 7.92. The molecule has 220 valence electrons. The fraction of sp³-hybridized carbons (Fsp3) is 0.483. The number of carbonyl (C=O) groups excluding carboxylic acids is 1. The van der Waals surface area contributed by atoms with Gasteiger partial charge in [-0.05, 0) is 45.0 Å². The quantitative estimate of drug-likeness (QED) is 0.349. The van der Waals surface area contributed by atoms with E-state index in [0.29, 0.717) is 28.9 Å². The average Bonchev–Trinajstić information content (AvgIpc) is 3.08. The van der Waals surface area contributed by atoms with E-state index in [2.05, 4.69) is 24.9 Å². The fourth-order valence-corrected chi connectivity index (χ4v) is 6.70. The van der Waals surface area contributed by atoms with Crippen LogP contribution in [0.1, 0.15) is 32.3 Å². The Labute approximate surface area is 240 Å². The molecule has 12 heteroatoms. The number of hydrogen-bond acceptors (Lipinski definition) is 8. The molecule has 2 N–H and O–H groups in total. The summed E-state index contributed by atoms with van der Waals surface area (Å²) in [5.41, 5.74) is 2.12. The Morgan fingerprint density at radius 1 is 1.20 bits per heavy atom. The molecule has 0 atom stereocenters. The van der Waals surface area contributed by atoms with Gasteiger partial charge in [0.2, 0.25) is 21.8 Å². The Hall–Kier alpha value is -3.35. The van der Waals surface area contributed by atoms with Crippen molar-refractivity contribution in [3.8, 4) is 17.0 Å². The molecule has 1 aromatic carbocycles. The van der Waals surface area contributed by atoms with Crippen LogP contribution in [0.2, 0.25) is 0 Å². The highest BCUT2D eigenvalue weighted by atomic mass is 32.2. The zero-order valence-electron chi connectivity index (χ0n) is 24.3. The maximum Gasteiger partial charge on any atom is 0.238 e. The molecule has 3 heterocycles. The number of rotatable bonds is 10. The molecule has 1 aliphatic carbocycles. The first-order valence-corrected chi connectivity index (χ1v) is 15.6. The van der Waals surface area contributed by atoms with E-state index in [4.69, 9.17) is 4.74 Å². The number of nitrogens with zero attached hydrogens (tertiary/aromatic N) is 4. The Morgan fingerprint density at radius 3 is 2.59 bits per heavy atom. The summed E-state index contributed by atoms with van der Waals surface area (Å²) < 4.78 is 48.0. The fourth-order valence-electron chi connectivity index (χ4n) is 6.15. The maximum atomic E-state index is 15.6. The van der Waals surface area contributed by atoms with E-state index >= 15 is 4.39 Å². The van der Waals surface area contributed by atoms with E-state index in [1.165, 1.54) is 18.3 Å².